The average molecular weight is 319 g/mol. The van der Waals surface area contributed by atoms with Crippen LogP contribution in [0.5, 0.6) is 0 Å². The molecule has 1 saturated carbocycles. The van der Waals surface area contributed by atoms with E-state index >= 15 is 0 Å². The zero-order chi connectivity index (χ0) is 13.4. The van der Waals surface area contributed by atoms with Crippen LogP contribution in [0, 0.1) is 0 Å². The van der Waals surface area contributed by atoms with Crippen molar-refractivity contribution in [2.24, 2.45) is 0 Å². The summed E-state index contributed by atoms with van der Waals surface area (Å²) in [6.07, 6.45) is 7.79. The minimum atomic E-state index is 0.552. The Morgan fingerprint density at radius 1 is 1.47 bits per heavy atom. The number of nitrogen functional groups attached to an aromatic ring is 1. The monoisotopic (exact) mass is 318 g/mol. The van der Waals surface area contributed by atoms with Gasteiger partial charge in [0.15, 0.2) is 0 Å². The highest BCUT2D eigenvalue weighted by Crippen LogP contribution is 2.42. The first-order valence-electron chi connectivity index (χ1n) is 6.28. The van der Waals surface area contributed by atoms with Crippen molar-refractivity contribution in [2.75, 3.05) is 5.73 Å². The summed E-state index contributed by atoms with van der Waals surface area (Å²) in [5.74, 6) is 2.32. The van der Waals surface area contributed by atoms with Crippen LogP contribution < -0.4 is 5.73 Å². The maximum Gasteiger partial charge on any atom is 0.132 e. The molecule has 0 spiro atoms. The molecule has 0 aromatic carbocycles. The number of allylic oxidation sites excluding steroid dienone is 1. The summed E-state index contributed by atoms with van der Waals surface area (Å²) in [7, 11) is 0. The van der Waals surface area contributed by atoms with E-state index in [0.29, 0.717) is 18.3 Å². The van der Waals surface area contributed by atoms with Gasteiger partial charge in [0.05, 0.1) is 0 Å². The normalized spacial score (nSPS) is 14.6. The van der Waals surface area contributed by atoms with Crippen LogP contribution in [0.25, 0.3) is 11.3 Å². The van der Waals surface area contributed by atoms with Gasteiger partial charge in [-0.3, -0.25) is 4.98 Å². The number of rotatable bonds is 4. The predicted octanol–water partition coefficient (Wildman–Crippen LogP) is 3.35. The molecule has 3 rings (SSSR count). The summed E-state index contributed by atoms with van der Waals surface area (Å²) in [5, 5.41) is 0. The lowest BCUT2D eigenvalue weighted by molar-refractivity contribution is 0.750. The van der Waals surface area contributed by atoms with Gasteiger partial charge in [0.25, 0.3) is 0 Å². The van der Waals surface area contributed by atoms with E-state index < -0.39 is 0 Å². The van der Waals surface area contributed by atoms with Gasteiger partial charge < -0.3 is 10.3 Å². The minimum absolute atomic E-state index is 0.552. The Hall–Kier alpha value is -1.62. The van der Waals surface area contributed by atoms with Gasteiger partial charge >= 0.3 is 0 Å². The molecule has 19 heavy (non-hydrogen) atoms. The molecule has 2 N–H and O–H groups in total. The van der Waals surface area contributed by atoms with E-state index in [0.717, 1.165) is 21.6 Å². The molecule has 0 radical (unpaired) electrons. The third-order valence-electron chi connectivity index (χ3n) is 3.27. The standard InChI is InChI=1S/C14H15BrN4/c1-2-5-19-13(16)12(18-14(19)9-3-4-9)10-6-11(15)8-17-7-10/h2,6-9H,1,3-5,16H2. The third-order valence-corrected chi connectivity index (χ3v) is 3.70. The number of imidazole rings is 1. The van der Waals surface area contributed by atoms with Gasteiger partial charge in [-0.1, -0.05) is 6.08 Å². The predicted molar refractivity (Wildman–Crippen MR) is 79.7 cm³/mol. The molecule has 0 bridgehead atoms. The molecule has 0 amide bonds. The van der Waals surface area contributed by atoms with E-state index in [1.165, 1.54) is 12.8 Å². The Morgan fingerprint density at radius 2 is 2.26 bits per heavy atom. The first-order valence-corrected chi connectivity index (χ1v) is 7.07. The fraction of sp³-hybridized carbons (Fsp3) is 0.286. The molecule has 4 nitrogen and oxygen atoms in total. The molecule has 2 aromatic heterocycles. The molecule has 0 saturated heterocycles. The van der Waals surface area contributed by atoms with Gasteiger partial charge in [-0.05, 0) is 34.8 Å². The highest BCUT2D eigenvalue weighted by Gasteiger charge is 2.30. The van der Waals surface area contributed by atoms with Crippen LogP contribution in [0.2, 0.25) is 0 Å². The maximum atomic E-state index is 6.25. The maximum absolute atomic E-state index is 6.25. The summed E-state index contributed by atoms with van der Waals surface area (Å²) >= 11 is 3.43. The molecule has 0 atom stereocenters. The SMILES string of the molecule is C=CCn1c(C2CC2)nc(-c2cncc(Br)c2)c1N. The first kappa shape index (κ1) is 12.4. The number of aromatic nitrogens is 3. The van der Waals surface area contributed by atoms with E-state index in [2.05, 4.69) is 32.1 Å². The molecule has 2 aromatic rings. The van der Waals surface area contributed by atoms with Crippen molar-refractivity contribution in [3.63, 3.8) is 0 Å². The molecule has 1 aliphatic rings. The Morgan fingerprint density at radius 3 is 2.89 bits per heavy atom. The Kier molecular flexibility index (Phi) is 3.14. The Bertz CT molecular complexity index is 628. The number of anilines is 1. The number of hydrogen-bond donors (Lipinski definition) is 1. The van der Waals surface area contributed by atoms with Gasteiger partial charge in [0.1, 0.15) is 17.3 Å². The van der Waals surface area contributed by atoms with Crippen LogP contribution >= 0.6 is 15.9 Å². The molecule has 0 aliphatic heterocycles. The van der Waals surface area contributed by atoms with Crippen LogP contribution in [0.4, 0.5) is 5.82 Å². The van der Waals surface area contributed by atoms with Gasteiger partial charge in [0.2, 0.25) is 0 Å². The molecule has 98 valence electrons. The molecular weight excluding hydrogens is 304 g/mol. The van der Waals surface area contributed by atoms with Gasteiger partial charge in [-0.2, -0.15) is 0 Å². The van der Waals surface area contributed by atoms with E-state index in [-0.39, 0.29) is 0 Å². The van der Waals surface area contributed by atoms with Gasteiger partial charge in [-0.15, -0.1) is 6.58 Å². The highest BCUT2D eigenvalue weighted by molar-refractivity contribution is 9.10. The minimum Gasteiger partial charge on any atom is -0.383 e. The van der Waals surface area contributed by atoms with Crippen LogP contribution in [0.3, 0.4) is 0 Å². The van der Waals surface area contributed by atoms with Crippen LogP contribution in [0.1, 0.15) is 24.6 Å². The second-order valence-corrected chi connectivity index (χ2v) is 5.68. The number of nitrogens with zero attached hydrogens (tertiary/aromatic N) is 3. The van der Waals surface area contributed by atoms with Gasteiger partial charge in [0, 0.05) is 34.9 Å². The molecule has 2 heterocycles. The zero-order valence-corrected chi connectivity index (χ0v) is 12.1. The molecule has 1 aliphatic carbocycles. The summed E-state index contributed by atoms with van der Waals surface area (Å²) in [4.78, 5) is 8.91. The summed E-state index contributed by atoms with van der Waals surface area (Å²) in [5.41, 5.74) is 8.01. The highest BCUT2D eigenvalue weighted by atomic mass is 79.9. The van der Waals surface area contributed by atoms with Crippen molar-refractivity contribution < 1.29 is 0 Å². The third kappa shape index (κ3) is 2.30. The number of nitrogens with two attached hydrogens (primary N) is 1. The smallest absolute Gasteiger partial charge is 0.132 e. The van der Waals surface area contributed by atoms with Crippen molar-refractivity contribution in [3.05, 3.63) is 41.4 Å². The fourth-order valence-corrected chi connectivity index (χ4v) is 2.58. The van der Waals surface area contributed by atoms with E-state index in [4.69, 9.17) is 10.7 Å². The van der Waals surface area contributed by atoms with E-state index in [9.17, 15) is 0 Å². The average Bonchev–Trinajstić information content (AvgIpc) is 3.17. The largest absolute Gasteiger partial charge is 0.383 e. The van der Waals surface area contributed by atoms with Gasteiger partial charge in [-0.25, -0.2) is 4.98 Å². The van der Waals surface area contributed by atoms with E-state index in [1.54, 1.807) is 12.4 Å². The quantitative estimate of drug-likeness (QED) is 0.879. The van der Waals surface area contributed by atoms with Crippen LogP contribution in [-0.4, -0.2) is 14.5 Å². The summed E-state index contributed by atoms with van der Waals surface area (Å²) in [6, 6.07) is 1.99. The number of hydrogen-bond acceptors (Lipinski definition) is 3. The Balaban J connectivity index is 2.11. The first-order chi connectivity index (χ1) is 9.20. The van der Waals surface area contributed by atoms with Crippen molar-refractivity contribution in [1.29, 1.82) is 0 Å². The number of pyridine rings is 1. The van der Waals surface area contributed by atoms with Crippen molar-refractivity contribution in [2.45, 2.75) is 25.3 Å². The van der Waals surface area contributed by atoms with Crippen LogP contribution in [0.15, 0.2) is 35.6 Å². The van der Waals surface area contributed by atoms with E-state index in [1.807, 2.05) is 12.1 Å². The number of halogens is 1. The molecule has 5 heteroatoms. The lowest BCUT2D eigenvalue weighted by atomic mass is 10.2. The second-order valence-electron chi connectivity index (χ2n) is 4.77. The zero-order valence-electron chi connectivity index (χ0n) is 10.5. The molecule has 0 unspecified atom stereocenters. The Labute approximate surface area is 120 Å². The fourth-order valence-electron chi connectivity index (χ4n) is 2.21. The lowest BCUT2D eigenvalue weighted by Gasteiger charge is -2.05. The van der Waals surface area contributed by atoms with Crippen LogP contribution in [-0.2, 0) is 6.54 Å². The van der Waals surface area contributed by atoms with Crippen molar-refractivity contribution in [3.8, 4) is 11.3 Å². The summed E-state index contributed by atoms with van der Waals surface area (Å²) < 4.78 is 2.98. The topological polar surface area (TPSA) is 56.7 Å². The summed E-state index contributed by atoms with van der Waals surface area (Å²) in [6.45, 7) is 4.49. The lowest BCUT2D eigenvalue weighted by Crippen LogP contribution is -2.05. The molecule has 1 fully saturated rings. The van der Waals surface area contributed by atoms with Crippen molar-refractivity contribution >= 4 is 21.7 Å². The van der Waals surface area contributed by atoms with Crippen molar-refractivity contribution in [1.82, 2.24) is 14.5 Å². The molecular formula is C14H15BrN4. The second kappa shape index (κ2) is 4.81.